The molecule has 3 aromatic carbocycles. The first-order valence-corrected chi connectivity index (χ1v) is 10.7. The van der Waals surface area contributed by atoms with Crippen molar-refractivity contribution in [2.45, 2.75) is 12.3 Å². The van der Waals surface area contributed by atoms with Gasteiger partial charge in [0, 0.05) is 22.1 Å². The quantitative estimate of drug-likeness (QED) is 0.352. The third kappa shape index (κ3) is 4.32. The van der Waals surface area contributed by atoms with Crippen LogP contribution in [0.2, 0.25) is 5.02 Å². The second-order valence-electron chi connectivity index (χ2n) is 7.45. The Bertz CT molecular complexity index is 1280. The molecule has 4 aromatic rings. The molecule has 1 aliphatic rings. The molecule has 1 aromatic heterocycles. The van der Waals surface area contributed by atoms with Crippen molar-refractivity contribution in [3.63, 3.8) is 0 Å². The predicted molar refractivity (Wildman–Crippen MR) is 127 cm³/mol. The van der Waals surface area contributed by atoms with Crippen molar-refractivity contribution in [2.75, 3.05) is 0 Å². The lowest BCUT2D eigenvalue weighted by atomic mass is 9.99. The molecule has 150 valence electrons. The molecule has 0 fully saturated rings. The van der Waals surface area contributed by atoms with Crippen molar-refractivity contribution in [1.29, 1.82) is 0 Å². The lowest BCUT2D eigenvalue weighted by Crippen LogP contribution is -2.07. The molecule has 4 heteroatoms. The van der Waals surface area contributed by atoms with E-state index in [1.165, 1.54) is 0 Å². The van der Waals surface area contributed by atoms with E-state index >= 15 is 0 Å². The smallest absolute Gasteiger partial charge is 0.163 e. The van der Waals surface area contributed by atoms with Crippen LogP contribution in [-0.2, 0) is 0 Å². The van der Waals surface area contributed by atoms with Crippen molar-refractivity contribution < 1.29 is 0 Å². The minimum Gasteiger partial charge on any atom is -0.212 e. The monoisotopic (exact) mass is 421 g/mol. The third-order valence-corrected chi connectivity index (χ3v) is 5.51. The maximum atomic E-state index is 6.20. The summed E-state index contributed by atoms with van der Waals surface area (Å²) in [6, 6.07) is 26.2. The Balaban J connectivity index is 1.62. The van der Waals surface area contributed by atoms with E-state index in [0.29, 0.717) is 16.7 Å². The Labute approximate surface area is 186 Å². The van der Waals surface area contributed by atoms with Gasteiger partial charge in [-0.3, -0.25) is 0 Å². The molecule has 3 nitrogen and oxygen atoms in total. The van der Waals surface area contributed by atoms with Crippen LogP contribution in [0, 0.1) is 0 Å². The highest BCUT2D eigenvalue weighted by molar-refractivity contribution is 6.30. The van der Waals surface area contributed by atoms with Crippen molar-refractivity contribution >= 4 is 11.6 Å². The van der Waals surface area contributed by atoms with Crippen molar-refractivity contribution in [2.24, 2.45) is 0 Å². The normalized spacial score (nSPS) is 15.2. The predicted octanol–water partition coefficient (Wildman–Crippen LogP) is 7.13. The van der Waals surface area contributed by atoms with Gasteiger partial charge in [0.25, 0.3) is 0 Å². The van der Waals surface area contributed by atoms with E-state index in [1.54, 1.807) is 0 Å². The Morgan fingerprint density at radius 2 is 1.32 bits per heavy atom. The van der Waals surface area contributed by atoms with Gasteiger partial charge in [0.15, 0.2) is 11.6 Å². The van der Waals surface area contributed by atoms with Crippen molar-refractivity contribution in [1.82, 2.24) is 15.0 Å². The molecule has 0 radical (unpaired) electrons. The molecule has 0 saturated heterocycles. The van der Waals surface area contributed by atoms with E-state index in [4.69, 9.17) is 26.6 Å². The van der Waals surface area contributed by atoms with E-state index in [0.717, 1.165) is 34.5 Å². The largest absolute Gasteiger partial charge is 0.212 e. The fourth-order valence-electron chi connectivity index (χ4n) is 3.68. The van der Waals surface area contributed by atoms with Gasteiger partial charge in [-0.1, -0.05) is 96.6 Å². The molecule has 31 heavy (non-hydrogen) atoms. The standard InChI is InChI=1S/C27H20ClN3/c28-24-16-8-14-22(18-24)21-13-7-15-23(17-21)27-30-25(19-9-3-1-4-10-19)29-26(31-27)20-11-5-2-6-12-20/h1-11,13-18,20H,12H2. The molecule has 1 aliphatic carbocycles. The second kappa shape index (κ2) is 8.66. The van der Waals surface area contributed by atoms with E-state index in [9.17, 15) is 0 Å². The summed E-state index contributed by atoms with van der Waals surface area (Å²) in [5, 5.41) is 0.717. The molecule has 0 aliphatic heterocycles. The summed E-state index contributed by atoms with van der Waals surface area (Å²) in [5.41, 5.74) is 4.07. The topological polar surface area (TPSA) is 38.7 Å². The molecule has 0 bridgehead atoms. The second-order valence-corrected chi connectivity index (χ2v) is 7.89. The minimum absolute atomic E-state index is 0.144. The van der Waals surface area contributed by atoms with E-state index in [2.05, 4.69) is 42.5 Å². The van der Waals surface area contributed by atoms with E-state index in [-0.39, 0.29) is 5.92 Å². The summed E-state index contributed by atoms with van der Waals surface area (Å²) in [7, 11) is 0. The Hall–Kier alpha value is -3.56. The number of halogens is 1. The number of aromatic nitrogens is 3. The molecular weight excluding hydrogens is 402 g/mol. The average molecular weight is 422 g/mol. The lowest BCUT2D eigenvalue weighted by Gasteiger charge is -2.14. The van der Waals surface area contributed by atoms with Gasteiger partial charge in [-0.2, -0.15) is 0 Å². The summed E-state index contributed by atoms with van der Waals surface area (Å²) < 4.78 is 0. The highest BCUT2D eigenvalue weighted by atomic mass is 35.5. The molecule has 5 rings (SSSR count). The Morgan fingerprint density at radius 1 is 0.645 bits per heavy atom. The van der Waals surface area contributed by atoms with Crippen LogP contribution >= 0.6 is 11.6 Å². The molecule has 0 saturated carbocycles. The zero-order valence-electron chi connectivity index (χ0n) is 16.8. The number of hydrogen-bond donors (Lipinski definition) is 0. The molecular formula is C27H20ClN3. The maximum absolute atomic E-state index is 6.20. The first kappa shape index (κ1) is 19.4. The van der Waals surface area contributed by atoms with Gasteiger partial charge in [0.1, 0.15) is 5.82 Å². The highest BCUT2D eigenvalue weighted by Crippen LogP contribution is 2.29. The Morgan fingerprint density at radius 3 is 2.06 bits per heavy atom. The van der Waals surface area contributed by atoms with Crippen LogP contribution in [0.15, 0.2) is 103 Å². The fourth-order valence-corrected chi connectivity index (χ4v) is 3.87. The number of nitrogens with zero attached hydrogens (tertiary/aromatic N) is 3. The van der Waals surface area contributed by atoms with Crippen LogP contribution in [0.1, 0.15) is 18.2 Å². The van der Waals surface area contributed by atoms with Crippen LogP contribution in [0.4, 0.5) is 0 Å². The number of allylic oxidation sites excluding steroid dienone is 4. The van der Waals surface area contributed by atoms with E-state index in [1.807, 2.05) is 60.7 Å². The number of benzene rings is 3. The lowest BCUT2D eigenvalue weighted by molar-refractivity contribution is 0.764. The molecule has 1 heterocycles. The van der Waals surface area contributed by atoms with Gasteiger partial charge in [-0.15, -0.1) is 0 Å². The van der Waals surface area contributed by atoms with Crippen LogP contribution < -0.4 is 0 Å². The van der Waals surface area contributed by atoms with Gasteiger partial charge < -0.3 is 0 Å². The zero-order chi connectivity index (χ0) is 21.0. The molecule has 0 N–H and O–H groups in total. The van der Waals surface area contributed by atoms with Crippen LogP contribution in [-0.4, -0.2) is 15.0 Å². The third-order valence-electron chi connectivity index (χ3n) is 5.28. The summed E-state index contributed by atoms with van der Waals surface area (Å²) in [6.45, 7) is 0. The van der Waals surface area contributed by atoms with Crippen molar-refractivity contribution in [3.05, 3.63) is 114 Å². The summed E-state index contributed by atoms with van der Waals surface area (Å²) in [5.74, 6) is 2.30. The minimum atomic E-state index is 0.144. The summed E-state index contributed by atoms with van der Waals surface area (Å²) >= 11 is 6.20. The summed E-state index contributed by atoms with van der Waals surface area (Å²) in [4.78, 5) is 14.5. The van der Waals surface area contributed by atoms with Crippen LogP contribution in [0.5, 0.6) is 0 Å². The number of rotatable bonds is 4. The van der Waals surface area contributed by atoms with Gasteiger partial charge in [0.05, 0.1) is 0 Å². The highest BCUT2D eigenvalue weighted by Gasteiger charge is 2.17. The first-order valence-electron chi connectivity index (χ1n) is 10.3. The SMILES string of the molecule is Clc1cccc(-c2cccc(-c3nc(-c4ccccc4)nc(C4C=CC=CC4)n3)c2)c1. The van der Waals surface area contributed by atoms with Crippen LogP contribution in [0.25, 0.3) is 33.9 Å². The first-order chi connectivity index (χ1) is 15.3. The van der Waals surface area contributed by atoms with E-state index < -0.39 is 0 Å². The average Bonchev–Trinajstić information content (AvgIpc) is 2.85. The summed E-state index contributed by atoms with van der Waals surface area (Å²) in [6.07, 6.45) is 9.30. The van der Waals surface area contributed by atoms with Crippen molar-refractivity contribution in [3.8, 4) is 33.9 Å². The zero-order valence-corrected chi connectivity index (χ0v) is 17.6. The Kier molecular flexibility index (Phi) is 5.42. The molecule has 0 spiro atoms. The van der Waals surface area contributed by atoms with Gasteiger partial charge in [0.2, 0.25) is 0 Å². The molecule has 0 amide bonds. The van der Waals surface area contributed by atoms with Gasteiger partial charge >= 0.3 is 0 Å². The van der Waals surface area contributed by atoms with Gasteiger partial charge in [-0.05, 0) is 35.7 Å². The molecule has 1 atom stereocenters. The fraction of sp³-hybridized carbons (Fsp3) is 0.0741. The molecule has 1 unspecified atom stereocenters. The van der Waals surface area contributed by atoms with Crippen LogP contribution in [0.3, 0.4) is 0 Å². The maximum Gasteiger partial charge on any atom is 0.163 e. The number of hydrogen-bond acceptors (Lipinski definition) is 3. The van der Waals surface area contributed by atoms with Gasteiger partial charge in [-0.25, -0.2) is 15.0 Å².